The van der Waals surface area contributed by atoms with Gasteiger partial charge in [0.2, 0.25) is 0 Å². The van der Waals surface area contributed by atoms with Crippen molar-refractivity contribution in [2.75, 3.05) is 0 Å². The van der Waals surface area contributed by atoms with Crippen LogP contribution in [0.2, 0.25) is 0 Å². The SMILES string of the molecule is O=C(O)c1ccc2c(O)c(C(=O)O)sc2c1. The fraction of sp³-hybridized carbons (Fsp3) is 0. The van der Waals surface area contributed by atoms with E-state index in [1.165, 1.54) is 18.2 Å². The molecule has 1 heterocycles. The quantitative estimate of drug-likeness (QED) is 0.743. The lowest BCUT2D eigenvalue weighted by Gasteiger charge is -1.94. The predicted molar refractivity (Wildman–Crippen MR) is 57.4 cm³/mol. The monoisotopic (exact) mass is 238 g/mol. The van der Waals surface area contributed by atoms with Gasteiger partial charge in [-0.25, -0.2) is 9.59 Å². The van der Waals surface area contributed by atoms with Gasteiger partial charge in [-0.05, 0) is 18.2 Å². The summed E-state index contributed by atoms with van der Waals surface area (Å²) in [5.74, 6) is -2.63. The topological polar surface area (TPSA) is 94.8 Å². The Morgan fingerprint density at radius 1 is 1.12 bits per heavy atom. The molecule has 0 saturated heterocycles. The number of hydrogen-bond acceptors (Lipinski definition) is 4. The largest absolute Gasteiger partial charge is 0.505 e. The lowest BCUT2D eigenvalue weighted by atomic mass is 10.1. The Morgan fingerprint density at radius 2 is 1.81 bits per heavy atom. The molecule has 0 spiro atoms. The fourth-order valence-electron chi connectivity index (χ4n) is 1.36. The summed E-state index contributed by atoms with van der Waals surface area (Å²) < 4.78 is 0.440. The molecule has 82 valence electrons. The number of aromatic carboxylic acids is 2. The zero-order valence-corrected chi connectivity index (χ0v) is 8.61. The van der Waals surface area contributed by atoms with Crippen LogP contribution in [0.4, 0.5) is 0 Å². The van der Waals surface area contributed by atoms with Crippen LogP contribution >= 0.6 is 11.3 Å². The van der Waals surface area contributed by atoms with Gasteiger partial charge in [0.1, 0.15) is 5.75 Å². The highest BCUT2D eigenvalue weighted by Gasteiger charge is 2.17. The van der Waals surface area contributed by atoms with Crippen molar-refractivity contribution >= 4 is 33.4 Å². The summed E-state index contributed by atoms with van der Waals surface area (Å²) in [6, 6.07) is 4.06. The predicted octanol–water partition coefficient (Wildman–Crippen LogP) is 2.00. The van der Waals surface area contributed by atoms with Gasteiger partial charge in [0.15, 0.2) is 4.88 Å². The molecule has 0 saturated carbocycles. The van der Waals surface area contributed by atoms with Gasteiger partial charge in [-0.15, -0.1) is 11.3 Å². The van der Waals surface area contributed by atoms with Crippen LogP contribution < -0.4 is 0 Å². The second-order valence-corrected chi connectivity index (χ2v) is 4.15. The average molecular weight is 238 g/mol. The summed E-state index contributed by atoms with van der Waals surface area (Å²) in [5, 5.41) is 27.5. The van der Waals surface area contributed by atoms with E-state index in [0.717, 1.165) is 11.3 Å². The van der Waals surface area contributed by atoms with E-state index in [1.807, 2.05) is 0 Å². The standard InChI is InChI=1S/C10H6O5S/c11-7-5-2-1-4(9(12)13)3-6(5)16-8(7)10(14)15/h1-3,11H,(H,12,13)(H,14,15). The van der Waals surface area contributed by atoms with E-state index in [0.29, 0.717) is 10.1 Å². The van der Waals surface area contributed by atoms with Gasteiger partial charge in [0.25, 0.3) is 0 Å². The Morgan fingerprint density at radius 3 is 2.38 bits per heavy atom. The molecule has 3 N–H and O–H groups in total. The van der Waals surface area contributed by atoms with Crippen molar-refractivity contribution in [1.82, 2.24) is 0 Å². The molecule has 16 heavy (non-hydrogen) atoms. The highest BCUT2D eigenvalue weighted by atomic mass is 32.1. The van der Waals surface area contributed by atoms with Crippen LogP contribution in [0.5, 0.6) is 5.75 Å². The van der Waals surface area contributed by atoms with E-state index in [4.69, 9.17) is 10.2 Å². The van der Waals surface area contributed by atoms with Crippen molar-refractivity contribution < 1.29 is 24.9 Å². The summed E-state index contributed by atoms with van der Waals surface area (Å²) in [4.78, 5) is 21.3. The van der Waals surface area contributed by atoms with Gasteiger partial charge < -0.3 is 15.3 Å². The second-order valence-electron chi connectivity index (χ2n) is 3.10. The minimum absolute atomic E-state index is 0.0608. The first-order valence-electron chi connectivity index (χ1n) is 4.23. The summed E-state index contributed by atoms with van der Waals surface area (Å²) in [6.45, 7) is 0. The molecule has 0 bridgehead atoms. The first-order valence-corrected chi connectivity index (χ1v) is 5.04. The second kappa shape index (κ2) is 3.49. The third-order valence-electron chi connectivity index (χ3n) is 2.11. The number of fused-ring (bicyclic) bond motifs is 1. The van der Waals surface area contributed by atoms with Crippen molar-refractivity contribution in [2.45, 2.75) is 0 Å². The number of carboxylic acids is 2. The van der Waals surface area contributed by atoms with Crippen molar-refractivity contribution in [1.29, 1.82) is 0 Å². The molecule has 0 radical (unpaired) electrons. The van der Waals surface area contributed by atoms with Crippen LogP contribution in [0.25, 0.3) is 10.1 Å². The van der Waals surface area contributed by atoms with E-state index < -0.39 is 11.9 Å². The minimum Gasteiger partial charge on any atom is -0.505 e. The van der Waals surface area contributed by atoms with Crippen molar-refractivity contribution in [3.8, 4) is 5.75 Å². The number of carboxylic acid groups (broad SMARTS) is 2. The highest BCUT2D eigenvalue weighted by molar-refractivity contribution is 7.21. The zero-order valence-electron chi connectivity index (χ0n) is 7.80. The lowest BCUT2D eigenvalue weighted by Crippen LogP contribution is -1.94. The van der Waals surface area contributed by atoms with E-state index in [-0.39, 0.29) is 16.2 Å². The summed E-state index contributed by atoms with van der Waals surface area (Å²) in [5.41, 5.74) is 0.0608. The average Bonchev–Trinajstić information content (AvgIpc) is 2.55. The molecule has 1 aromatic carbocycles. The van der Waals surface area contributed by atoms with Gasteiger partial charge in [0, 0.05) is 10.1 Å². The number of thiophene rings is 1. The summed E-state index contributed by atoms with van der Waals surface area (Å²) in [7, 11) is 0. The number of aromatic hydroxyl groups is 1. The van der Waals surface area contributed by atoms with Crippen LogP contribution in [0.15, 0.2) is 18.2 Å². The van der Waals surface area contributed by atoms with Gasteiger partial charge in [0.05, 0.1) is 5.56 Å². The van der Waals surface area contributed by atoms with Crippen molar-refractivity contribution in [3.63, 3.8) is 0 Å². The molecule has 2 aromatic rings. The molecule has 0 unspecified atom stereocenters. The molecular formula is C10H6O5S. The number of benzene rings is 1. The van der Waals surface area contributed by atoms with Crippen LogP contribution in [0.3, 0.4) is 0 Å². The molecule has 6 heteroatoms. The highest BCUT2D eigenvalue weighted by Crippen LogP contribution is 2.37. The third kappa shape index (κ3) is 1.49. The van der Waals surface area contributed by atoms with Crippen molar-refractivity contribution in [3.05, 3.63) is 28.6 Å². The molecule has 5 nitrogen and oxygen atoms in total. The van der Waals surface area contributed by atoms with E-state index in [2.05, 4.69) is 0 Å². The molecule has 0 aliphatic heterocycles. The fourth-order valence-corrected chi connectivity index (χ4v) is 2.34. The third-order valence-corrected chi connectivity index (χ3v) is 3.23. The van der Waals surface area contributed by atoms with Crippen LogP contribution in [0, 0.1) is 0 Å². The maximum Gasteiger partial charge on any atom is 0.349 e. The molecular weight excluding hydrogens is 232 g/mol. The zero-order chi connectivity index (χ0) is 11.9. The molecule has 1 aromatic heterocycles. The van der Waals surface area contributed by atoms with Crippen LogP contribution in [-0.4, -0.2) is 27.3 Å². The minimum atomic E-state index is -1.23. The van der Waals surface area contributed by atoms with Crippen molar-refractivity contribution in [2.24, 2.45) is 0 Å². The summed E-state index contributed by atoms with van der Waals surface area (Å²) >= 11 is 0.851. The van der Waals surface area contributed by atoms with Gasteiger partial charge in [-0.2, -0.15) is 0 Å². The molecule has 0 aliphatic carbocycles. The normalized spacial score (nSPS) is 10.5. The maximum atomic E-state index is 10.7. The summed E-state index contributed by atoms with van der Waals surface area (Å²) in [6.07, 6.45) is 0. The number of carbonyl (C=O) groups is 2. The molecule has 2 rings (SSSR count). The van der Waals surface area contributed by atoms with Gasteiger partial charge in [-0.1, -0.05) is 0 Å². The molecule has 0 amide bonds. The number of hydrogen-bond donors (Lipinski definition) is 3. The molecule has 0 fully saturated rings. The van der Waals surface area contributed by atoms with E-state index in [1.54, 1.807) is 0 Å². The van der Waals surface area contributed by atoms with Gasteiger partial charge in [-0.3, -0.25) is 0 Å². The lowest BCUT2D eigenvalue weighted by molar-refractivity contribution is 0.0687. The Labute approximate surface area is 93.2 Å². The number of rotatable bonds is 2. The smallest absolute Gasteiger partial charge is 0.349 e. The first-order chi connectivity index (χ1) is 7.50. The Bertz CT molecular complexity index is 599. The molecule has 0 atom stereocenters. The van der Waals surface area contributed by atoms with E-state index in [9.17, 15) is 14.7 Å². The first kappa shape index (κ1) is 10.4. The van der Waals surface area contributed by atoms with Crippen LogP contribution in [0.1, 0.15) is 20.0 Å². The Kier molecular flexibility index (Phi) is 2.28. The van der Waals surface area contributed by atoms with Crippen LogP contribution in [-0.2, 0) is 0 Å². The Hall–Kier alpha value is -2.08. The Balaban J connectivity index is 2.72. The molecule has 0 aliphatic rings. The van der Waals surface area contributed by atoms with E-state index >= 15 is 0 Å². The van der Waals surface area contributed by atoms with Gasteiger partial charge >= 0.3 is 11.9 Å². The maximum absolute atomic E-state index is 10.7.